The van der Waals surface area contributed by atoms with Crippen molar-refractivity contribution in [1.29, 1.82) is 0 Å². The predicted octanol–water partition coefficient (Wildman–Crippen LogP) is 0.377. The largest absolute Gasteiger partial charge is 0.489 e. The first kappa shape index (κ1) is 13.5. The lowest BCUT2D eigenvalue weighted by molar-refractivity contribution is 0.300. The van der Waals surface area contributed by atoms with Crippen LogP contribution in [0.5, 0.6) is 5.75 Å². The van der Waals surface area contributed by atoms with E-state index in [1.165, 1.54) is 13.4 Å². The summed E-state index contributed by atoms with van der Waals surface area (Å²) in [6, 6.07) is 0. The van der Waals surface area contributed by atoms with Crippen molar-refractivity contribution in [3.8, 4) is 5.75 Å². The molecule has 0 radical (unpaired) electrons. The number of aliphatic hydroxyl groups excluding tert-OH is 1. The van der Waals surface area contributed by atoms with Crippen LogP contribution in [-0.4, -0.2) is 41.9 Å². The van der Waals surface area contributed by atoms with Crippen molar-refractivity contribution >= 4 is 5.82 Å². The maximum Gasteiger partial charge on any atom is 0.295 e. The molecule has 0 unspecified atom stereocenters. The summed E-state index contributed by atoms with van der Waals surface area (Å²) in [6.07, 6.45) is 3.35. The first-order valence-electron chi connectivity index (χ1n) is 5.72. The number of hydrogen-bond donors (Lipinski definition) is 2. The second-order valence-electron chi connectivity index (χ2n) is 3.65. The van der Waals surface area contributed by atoms with Gasteiger partial charge in [-0.1, -0.05) is 13.3 Å². The van der Waals surface area contributed by atoms with Crippen molar-refractivity contribution in [1.82, 2.24) is 9.97 Å². The molecule has 0 atom stereocenters. The van der Waals surface area contributed by atoms with Gasteiger partial charge in [0.2, 0.25) is 5.75 Å². The first-order valence-corrected chi connectivity index (χ1v) is 5.72. The van der Waals surface area contributed by atoms with E-state index in [1.54, 1.807) is 0 Å². The van der Waals surface area contributed by atoms with Gasteiger partial charge in [-0.3, -0.25) is 4.79 Å². The van der Waals surface area contributed by atoms with Crippen molar-refractivity contribution in [3.63, 3.8) is 0 Å². The maximum absolute atomic E-state index is 11.5. The number of aromatic amines is 1. The summed E-state index contributed by atoms with van der Waals surface area (Å²) < 4.78 is 5.05. The predicted molar refractivity (Wildman–Crippen MR) is 65.6 cm³/mol. The topological polar surface area (TPSA) is 78.5 Å². The fourth-order valence-electron chi connectivity index (χ4n) is 1.58. The number of aliphatic hydroxyl groups is 1. The van der Waals surface area contributed by atoms with Crippen molar-refractivity contribution in [3.05, 3.63) is 16.7 Å². The Morgan fingerprint density at radius 3 is 2.88 bits per heavy atom. The zero-order chi connectivity index (χ0) is 12.7. The van der Waals surface area contributed by atoms with Crippen LogP contribution < -0.4 is 15.2 Å². The number of H-pyrrole nitrogens is 1. The lowest BCUT2D eigenvalue weighted by atomic mass is 10.3. The average molecular weight is 241 g/mol. The van der Waals surface area contributed by atoms with Gasteiger partial charge in [0.05, 0.1) is 20.0 Å². The molecule has 0 fully saturated rings. The molecule has 1 aromatic heterocycles. The Kier molecular flexibility index (Phi) is 5.48. The number of ether oxygens (including phenoxy) is 1. The van der Waals surface area contributed by atoms with E-state index in [-0.39, 0.29) is 17.9 Å². The van der Waals surface area contributed by atoms with Gasteiger partial charge in [-0.2, -0.15) is 0 Å². The molecule has 1 aromatic rings. The number of hydrogen-bond acceptors (Lipinski definition) is 5. The molecule has 0 bridgehead atoms. The highest BCUT2D eigenvalue weighted by molar-refractivity contribution is 5.50. The van der Waals surface area contributed by atoms with Gasteiger partial charge in [-0.15, -0.1) is 0 Å². The SMILES string of the molecule is CCCCN(CCO)c1nc[nH]c(=O)c1OC. The number of methoxy groups -OCH3 is 1. The minimum absolute atomic E-state index is 0.0152. The van der Waals surface area contributed by atoms with Gasteiger partial charge >= 0.3 is 0 Å². The Balaban J connectivity index is 2.99. The summed E-state index contributed by atoms with van der Waals surface area (Å²) in [7, 11) is 1.44. The van der Waals surface area contributed by atoms with E-state index in [9.17, 15) is 4.79 Å². The van der Waals surface area contributed by atoms with Gasteiger partial charge in [-0.25, -0.2) is 4.98 Å². The first-order chi connectivity index (χ1) is 8.24. The molecule has 0 aliphatic carbocycles. The molecule has 17 heavy (non-hydrogen) atoms. The highest BCUT2D eigenvalue weighted by Gasteiger charge is 2.15. The van der Waals surface area contributed by atoms with Crippen LogP contribution in [0.2, 0.25) is 0 Å². The van der Waals surface area contributed by atoms with Crippen molar-refractivity contribution in [2.24, 2.45) is 0 Å². The monoisotopic (exact) mass is 241 g/mol. The molecule has 0 saturated heterocycles. The molecule has 6 nitrogen and oxygen atoms in total. The van der Waals surface area contributed by atoms with E-state index in [4.69, 9.17) is 9.84 Å². The average Bonchev–Trinajstić information content (AvgIpc) is 2.34. The molecule has 1 heterocycles. The van der Waals surface area contributed by atoms with Crippen LogP contribution in [0.3, 0.4) is 0 Å². The molecule has 1 rings (SSSR count). The second-order valence-corrected chi connectivity index (χ2v) is 3.65. The van der Waals surface area contributed by atoms with Crippen molar-refractivity contribution in [2.45, 2.75) is 19.8 Å². The van der Waals surface area contributed by atoms with E-state index in [1.807, 2.05) is 4.90 Å². The van der Waals surface area contributed by atoms with E-state index in [2.05, 4.69) is 16.9 Å². The molecular formula is C11H19N3O3. The third-order valence-electron chi connectivity index (χ3n) is 2.45. The van der Waals surface area contributed by atoms with E-state index >= 15 is 0 Å². The fourth-order valence-corrected chi connectivity index (χ4v) is 1.58. The molecule has 2 N–H and O–H groups in total. The number of unbranched alkanes of at least 4 members (excludes halogenated alkanes) is 1. The fraction of sp³-hybridized carbons (Fsp3) is 0.636. The van der Waals surface area contributed by atoms with Gasteiger partial charge in [-0.05, 0) is 6.42 Å². The number of nitrogens with one attached hydrogen (secondary N) is 1. The second kappa shape index (κ2) is 6.90. The summed E-state index contributed by atoms with van der Waals surface area (Å²) in [6.45, 7) is 3.28. The Morgan fingerprint density at radius 1 is 1.53 bits per heavy atom. The van der Waals surface area contributed by atoms with E-state index in [0.29, 0.717) is 12.4 Å². The molecule has 96 valence electrons. The number of nitrogens with zero attached hydrogens (tertiary/aromatic N) is 2. The van der Waals surface area contributed by atoms with Crippen LogP contribution >= 0.6 is 0 Å². The van der Waals surface area contributed by atoms with Gasteiger partial charge < -0.3 is 19.7 Å². The maximum atomic E-state index is 11.5. The highest BCUT2D eigenvalue weighted by atomic mass is 16.5. The van der Waals surface area contributed by atoms with Gasteiger partial charge in [0.1, 0.15) is 0 Å². The van der Waals surface area contributed by atoms with Crippen molar-refractivity contribution < 1.29 is 9.84 Å². The normalized spacial score (nSPS) is 10.3. The summed E-state index contributed by atoms with van der Waals surface area (Å²) in [5.74, 6) is 0.677. The van der Waals surface area contributed by atoms with E-state index < -0.39 is 0 Å². The third kappa shape index (κ3) is 3.45. The molecule has 0 aliphatic heterocycles. The summed E-state index contributed by atoms with van der Waals surface area (Å²) in [5.41, 5.74) is -0.308. The Morgan fingerprint density at radius 2 is 2.29 bits per heavy atom. The molecule has 0 aromatic carbocycles. The molecular weight excluding hydrogens is 222 g/mol. The standard InChI is InChI=1S/C11H19N3O3/c1-3-4-5-14(6-7-15)10-9(17-2)11(16)13-8-12-10/h8,15H,3-7H2,1-2H3,(H,12,13,16). The number of aromatic nitrogens is 2. The van der Waals surface area contributed by atoms with Gasteiger partial charge in [0, 0.05) is 13.1 Å². The minimum Gasteiger partial charge on any atom is -0.489 e. The molecule has 0 amide bonds. The van der Waals surface area contributed by atoms with Crippen LogP contribution in [-0.2, 0) is 0 Å². The molecule has 0 saturated carbocycles. The lowest BCUT2D eigenvalue weighted by Crippen LogP contribution is -2.30. The molecule has 6 heteroatoms. The van der Waals surface area contributed by atoms with Crippen LogP contribution in [0.25, 0.3) is 0 Å². The van der Waals surface area contributed by atoms with Crippen LogP contribution in [0.15, 0.2) is 11.1 Å². The van der Waals surface area contributed by atoms with Gasteiger partial charge in [0.25, 0.3) is 5.56 Å². The Labute approximate surface area is 100 Å². The van der Waals surface area contributed by atoms with Crippen LogP contribution in [0, 0.1) is 0 Å². The third-order valence-corrected chi connectivity index (χ3v) is 2.45. The molecule has 0 aliphatic rings. The highest BCUT2D eigenvalue weighted by Crippen LogP contribution is 2.20. The number of anilines is 1. The summed E-state index contributed by atoms with van der Waals surface area (Å²) >= 11 is 0. The zero-order valence-corrected chi connectivity index (χ0v) is 10.3. The minimum atomic E-state index is -0.308. The Bertz CT molecular complexity index is 392. The van der Waals surface area contributed by atoms with Crippen molar-refractivity contribution in [2.75, 3.05) is 31.7 Å². The quantitative estimate of drug-likeness (QED) is 0.721. The number of rotatable bonds is 7. The van der Waals surface area contributed by atoms with Crippen LogP contribution in [0.1, 0.15) is 19.8 Å². The molecule has 0 spiro atoms. The smallest absolute Gasteiger partial charge is 0.295 e. The van der Waals surface area contributed by atoms with Crippen LogP contribution in [0.4, 0.5) is 5.82 Å². The van der Waals surface area contributed by atoms with E-state index in [0.717, 1.165) is 19.4 Å². The lowest BCUT2D eigenvalue weighted by Gasteiger charge is -2.23. The van der Waals surface area contributed by atoms with Gasteiger partial charge in [0.15, 0.2) is 5.82 Å². The summed E-state index contributed by atoms with van der Waals surface area (Å²) in [5, 5.41) is 9.03. The Hall–Kier alpha value is -1.56. The zero-order valence-electron chi connectivity index (χ0n) is 10.3. The summed E-state index contributed by atoms with van der Waals surface area (Å²) in [4.78, 5) is 20.0.